The number of rotatable bonds is 3. The minimum atomic E-state index is -0.312. The molecule has 7 heteroatoms. The molecule has 0 saturated carbocycles. The van der Waals surface area contributed by atoms with Crippen LogP contribution in [0.3, 0.4) is 0 Å². The third kappa shape index (κ3) is 4.09. The number of benzene rings is 1. The van der Waals surface area contributed by atoms with Gasteiger partial charge < -0.3 is 20.3 Å². The molecule has 1 atom stereocenters. The van der Waals surface area contributed by atoms with Crippen molar-refractivity contribution in [3.05, 3.63) is 28.8 Å². The Morgan fingerprint density at radius 1 is 1.38 bits per heavy atom. The van der Waals surface area contributed by atoms with Crippen LogP contribution >= 0.6 is 11.6 Å². The summed E-state index contributed by atoms with van der Waals surface area (Å²) in [5, 5.41) is 5.80. The lowest BCUT2D eigenvalue weighted by Crippen LogP contribution is -2.38. The monoisotopic (exact) mass is 311 g/mol. The number of nitrogens with zero attached hydrogens (tertiary/aromatic N) is 1. The van der Waals surface area contributed by atoms with Crippen LogP contribution in [0, 0.1) is 0 Å². The van der Waals surface area contributed by atoms with Crippen molar-refractivity contribution in [1.82, 2.24) is 10.2 Å². The third-order valence-corrected chi connectivity index (χ3v) is 3.44. The largest absolute Gasteiger partial charge is 0.379 e. The quantitative estimate of drug-likeness (QED) is 0.896. The van der Waals surface area contributed by atoms with Gasteiger partial charge in [0.2, 0.25) is 0 Å². The number of hydrogen-bond acceptors (Lipinski definition) is 3. The van der Waals surface area contributed by atoms with Gasteiger partial charge in [0.25, 0.3) is 5.91 Å². The molecule has 1 saturated heterocycles. The molecule has 1 aliphatic rings. The summed E-state index contributed by atoms with van der Waals surface area (Å²) in [6, 6.07) is 4.53. The van der Waals surface area contributed by atoms with E-state index in [2.05, 4.69) is 10.6 Å². The number of nitrogens with one attached hydrogen (secondary N) is 2. The first kappa shape index (κ1) is 15.6. The first-order valence-electron chi connectivity index (χ1n) is 6.64. The number of anilines is 1. The Morgan fingerprint density at radius 3 is 2.71 bits per heavy atom. The Labute approximate surface area is 128 Å². The van der Waals surface area contributed by atoms with E-state index < -0.39 is 0 Å². The van der Waals surface area contributed by atoms with Crippen molar-refractivity contribution in [2.45, 2.75) is 12.5 Å². The predicted molar refractivity (Wildman–Crippen MR) is 80.8 cm³/mol. The number of carbonyl (C=O) groups excluding carboxylic acids is 2. The van der Waals surface area contributed by atoms with Crippen LogP contribution in [0.5, 0.6) is 0 Å². The van der Waals surface area contributed by atoms with E-state index in [1.54, 1.807) is 32.3 Å². The second kappa shape index (κ2) is 6.78. The van der Waals surface area contributed by atoms with Gasteiger partial charge in [-0.1, -0.05) is 11.6 Å². The molecule has 0 aliphatic carbocycles. The van der Waals surface area contributed by atoms with Crippen LogP contribution in [0.15, 0.2) is 18.2 Å². The molecule has 2 rings (SSSR count). The van der Waals surface area contributed by atoms with Crippen LogP contribution in [0.25, 0.3) is 0 Å². The van der Waals surface area contributed by atoms with Crippen molar-refractivity contribution in [2.75, 3.05) is 32.6 Å². The molecule has 1 aliphatic heterocycles. The van der Waals surface area contributed by atoms with Gasteiger partial charge in [0.15, 0.2) is 0 Å². The standard InChI is InChI=1S/C14H18ClN3O3/c1-18(2)13(19)11-4-3-9(7-12(11)15)16-14(20)17-10-5-6-21-8-10/h3-4,7,10H,5-6,8H2,1-2H3,(H2,16,17,20)/t10-/m0/s1. The van der Waals surface area contributed by atoms with E-state index in [0.717, 1.165) is 6.42 Å². The summed E-state index contributed by atoms with van der Waals surface area (Å²) in [6.45, 7) is 1.20. The first-order valence-corrected chi connectivity index (χ1v) is 7.01. The lowest BCUT2D eigenvalue weighted by molar-refractivity contribution is 0.0828. The van der Waals surface area contributed by atoms with E-state index in [1.165, 1.54) is 4.90 Å². The van der Waals surface area contributed by atoms with Crippen LogP contribution in [0.4, 0.5) is 10.5 Å². The molecule has 6 nitrogen and oxygen atoms in total. The van der Waals surface area contributed by atoms with E-state index in [0.29, 0.717) is 29.5 Å². The van der Waals surface area contributed by atoms with Crippen LogP contribution in [0.2, 0.25) is 5.02 Å². The fourth-order valence-corrected chi connectivity index (χ4v) is 2.27. The summed E-state index contributed by atoms with van der Waals surface area (Å²) < 4.78 is 5.19. The summed E-state index contributed by atoms with van der Waals surface area (Å²) >= 11 is 6.08. The zero-order valence-corrected chi connectivity index (χ0v) is 12.7. The van der Waals surface area contributed by atoms with Crippen LogP contribution < -0.4 is 10.6 Å². The maximum absolute atomic E-state index is 11.9. The average Bonchev–Trinajstić information content (AvgIpc) is 2.90. The highest BCUT2D eigenvalue weighted by Gasteiger charge is 2.18. The van der Waals surface area contributed by atoms with Gasteiger partial charge in [0.1, 0.15) is 0 Å². The van der Waals surface area contributed by atoms with Crippen molar-refractivity contribution >= 4 is 29.2 Å². The van der Waals surface area contributed by atoms with E-state index in [-0.39, 0.29) is 18.0 Å². The van der Waals surface area contributed by atoms with Crippen molar-refractivity contribution in [3.8, 4) is 0 Å². The summed E-state index contributed by atoms with van der Waals surface area (Å²) in [6.07, 6.45) is 0.810. The van der Waals surface area contributed by atoms with Crippen molar-refractivity contribution < 1.29 is 14.3 Å². The lowest BCUT2D eigenvalue weighted by Gasteiger charge is -2.14. The summed E-state index contributed by atoms with van der Waals surface area (Å²) in [5.74, 6) is -0.181. The van der Waals surface area contributed by atoms with Crippen molar-refractivity contribution in [1.29, 1.82) is 0 Å². The molecule has 0 radical (unpaired) electrons. The molecule has 21 heavy (non-hydrogen) atoms. The van der Waals surface area contributed by atoms with Gasteiger partial charge in [-0.15, -0.1) is 0 Å². The molecule has 1 aromatic carbocycles. The Hall–Kier alpha value is -1.79. The van der Waals surface area contributed by atoms with Gasteiger partial charge in [-0.25, -0.2) is 4.79 Å². The van der Waals surface area contributed by atoms with E-state index in [1.807, 2.05) is 0 Å². The van der Waals surface area contributed by atoms with Gasteiger partial charge in [-0.05, 0) is 24.6 Å². The van der Waals surface area contributed by atoms with Gasteiger partial charge in [0, 0.05) is 26.4 Å². The van der Waals surface area contributed by atoms with E-state index in [9.17, 15) is 9.59 Å². The molecular weight excluding hydrogens is 294 g/mol. The highest BCUT2D eigenvalue weighted by atomic mass is 35.5. The second-order valence-electron chi connectivity index (χ2n) is 5.05. The van der Waals surface area contributed by atoms with Gasteiger partial charge in [-0.2, -0.15) is 0 Å². The minimum Gasteiger partial charge on any atom is -0.379 e. The Morgan fingerprint density at radius 2 is 2.14 bits per heavy atom. The highest BCUT2D eigenvalue weighted by Crippen LogP contribution is 2.22. The molecule has 0 unspecified atom stereocenters. The summed E-state index contributed by atoms with van der Waals surface area (Å²) in [5.41, 5.74) is 0.934. The number of urea groups is 1. The van der Waals surface area contributed by atoms with Crippen LogP contribution in [-0.4, -0.2) is 50.2 Å². The molecule has 3 amide bonds. The number of carbonyl (C=O) groups is 2. The molecule has 1 heterocycles. The molecule has 0 bridgehead atoms. The predicted octanol–water partition coefficient (Wildman–Crippen LogP) is 1.95. The molecule has 114 valence electrons. The maximum atomic E-state index is 11.9. The smallest absolute Gasteiger partial charge is 0.319 e. The molecular formula is C14H18ClN3O3. The van der Waals surface area contributed by atoms with Crippen LogP contribution in [-0.2, 0) is 4.74 Å². The zero-order chi connectivity index (χ0) is 15.4. The van der Waals surface area contributed by atoms with E-state index in [4.69, 9.17) is 16.3 Å². The Kier molecular flexibility index (Phi) is 5.03. The SMILES string of the molecule is CN(C)C(=O)c1ccc(NC(=O)N[C@H]2CCOC2)cc1Cl. The maximum Gasteiger partial charge on any atom is 0.319 e. The van der Waals surface area contributed by atoms with Crippen LogP contribution in [0.1, 0.15) is 16.8 Å². The highest BCUT2D eigenvalue weighted by molar-refractivity contribution is 6.34. The average molecular weight is 312 g/mol. The second-order valence-corrected chi connectivity index (χ2v) is 5.46. The summed E-state index contributed by atoms with van der Waals surface area (Å²) in [4.78, 5) is 25.1. The van der Waals surface area contributed by atoms with Gasteiger partial charge in [0.05, 0.1) is 23.2 Å². The Bertz CT molecular complexity index is 542. The molecule has 2 N–H and O–H groups in total. The minimum absolute atomic E-state index is 0.0371. The van der Waals surface area contributed by atoms with Crippen molar-refractivity contribution in [2.24, 2.45) is 0 Å². The normalized spacial score (nSPS) is 17.4. The molecule has 1 fully saturated rings. The Balaban J connectivity index is 1.99. The summed E-state index contributed by atoms with van der Waals surface area (Å²) in [7, 11) is 3.31. The molecule has 0 aromatic heterocycles. The number of amides is 3. The van der Waals surface area contributed by atoms with Gasteiger partial charge >= 0.3 is 6.03 Å². The molecule has 0 spiro atoms. The number of hydrogen-bond donors (Lipinski definition) is 2. The van der Waals surface area contributed by atoms with Gasteiger partial charge in [-0.3, -0.25) is 4.79 Å². The molecule has 1 aromatic rings. The third-order valence-electron chi connectivity index (χ3n) is 3.13. The topological polar surface area (TPSA) is 70.7 Å². The fourth-order valence-electron chi connectivity index (χ4n) is 2.01. The lowest BCUT2D eigenvalue weighted by atomic mass is 10.2. The fraction of sp³-hybridized carbons (Fsp3) is 0.429. The van der Waals surface area contributed by atoms with E-state index >= 15 is 0 Å². The number of halogens is 1. The van der Waals surface area contributed by atoms with Crippen molar-refractivity contribution in [3.63, 3.8) is 0 Å². The first-order chi connectivity index (χ1) is 9.97. The zero-order valence-electron chi connectivity index (χ0n) is 12.0. The number of ether oxygens (including phenoxy) is 1.